The number of hydrogen-bond acceptors (Lipinski definition) is 6. The number of nitro benzene ring substituents is 1. The van der Waals surface area contributed by atoms with E-state index in [1.165, 1.54) is 0 Å². The van der Waals surface area contributed by atoms with Crippen molar-refractivity contribution in [1.82, 2.24) is 9.97 Å². The molecule has 0 spiro atoms. The van der Waals surface area contributed by atoms with E-state index in [1.807, 2.05) is 95.3 Å². The molecular weight excluding hydrogens is 959 g/mol. The molecule has 0 aliphatic rings. The van der Waals surface area contributed by atoms with Crippen molar-refractivity contribution in [2.24, 2.45) is 9.98 Å². The van der Waals surface area contributed by atoms with Gasteiger partial charge < -0.3 is 67.9 Å². The van der Waals surface area contributed by atoms with E-state index in [-0.39, 0.29) is 112 Å². The van der Waals surface area contributed by atoms with Crippen molar-refractivity contribution in [2.45, 2.75) is 34.6 Å². The predicted molar refractivity (Wildman–Crippen MR) is 171 cm³/mol. The first-order valence-corrected chi connectivity index (χ1v) is 13.6. The number of aliphatic imine (C=N–C) groups is 2. The number of non-ortho nitro benzene ring substituents is 1. The van der Waals surface area contributed by atoms with Gasteiger partial charge in [0.05, 0.1) is 40.1 Å². The van der Waals surface area contributed by atoms with Gasteiger partial charge in [-0.15, -0.1) is 0 Å². The Morgan fingerprint density at radius 3 is 1.25 bits per heavy atom. The van der Waals surface area contributed by atoms with E-state index in [0.29, 0.717) is 0 Å². The van der Waals surface area contributed by atoms with Gasteiger partial charge in [-0.3, -0.25) is 30.1 Å². The van der Waals surface area contributed by atoms with E-state index >= 15 is 0 Å². The molecule has 0 radical (unpaired) electrons. The summed E-state index contributed by atoms with van der Waals surface area (Å²) in [6.07, 6.45) is 6.97. The molecule has 13 heteroatoms. The Morgan fingerprint density at radius 1 is 0.604 bits per heavy atom. The van der Waals surface area contributed by atoms with Crippen molar-refractivity contribution in [3.05, 3.63) is 135 Å². The van der Waals surface area contributed by atoms with Crippen molar-refractivity contribution < 1.29 is 106 Å². The van der Waals surface area contributed by atoms with Gasteiger partial charge in [0.25, 0.3) is 5.69 Å². The zero-order chi connectivity index (χ0) is 29.8. The van der Waals surface area contributed by atoms with E-state index in [0.717, 1.165) is 72.8 Å². The number of aromatic nitrogens is 2. The molecule has 0 fully saturated rings. The van der Waals surface area contributed by atoms with E-state index in [9.17, 15) is 10.1 Å². The number of halogens is 4. The SMILES string of the molecule is Cc1cc(-c2cc([N+](=O)[O-])cc(-c3cc(C)c(N=Cc4ccccn4)c(C)c3)c2C)cc(C)c1N=Cc1ccccn1.[Br-].[Br-].[Br-].[Br-].[Ni].[Ni]. The van der Waals surface area contributed by atoms with Crippen molar-refractivity contribution in [3.63, 3.8) is 0 Å². The van der Waals surface area contributed by atoms with Gasteiger partial charge in [-0.05, 0) is 133 Å². The fourth-order valence-electron chi connectivity index (χ4n) is 5.20. The van der Waals surface area contributed by atoms with Gasteiger partial charge >= 0.3 is 0 Å². The topological polar surface area (TPSA) is 93.6 Å². The van der Waals surface area contributed by atoms with Crippen molar-refractivity contribution in [1.29, 1.82) is 0 Å². The first kappa shape index (κ1) is 47.7. The normalized spacial score (nSPS) is 10.0. The Bertz CT molecular complexity index is 1700. The van der Waals surface area contributed by atoms with Crippen LogP contribution in [0.2, 0.25) is 0 Å². The van der Waals surface area contributed by atoms with Crippen LogP contribution < -0.4 is 67.9 Å². The van der Waals surface area contributed by atoms with Crippen LogP contribution in [0.1, 0.15) is 39.2 Å². The van der Waals surface area contributed by atoms with Gasteiger partial charge in [0.2, 0.25) is 0 Å². The largest absolute Gasteiger partial charge is 1.00 e. The third-order valence-corrected chi connectivity index (χ3v) is 7.23. The summed E-state index contributed by atoms with van der Waals surface area (Å²) >= 11 is 0. The number of nitrogens with zero attached hydrogens (tertiary/aromatic N) is 5. The number of pyridine rings is 2. The van der Waals surface area contributed by atoms with E-state index < -0.39 is 0 Å². The molecule has 260 valence electrons. The molecule has 0 N–H and O–H groups in total. The molecule has 5 aromatic rings. The third kappa shape index (κ3) is 11.3. The van der Waals surface area contributed by atoms with E-state index in [4.69, 9.17) is 9.98 Å². The first-order chi connectivity index (χ1) is 20.2. The molecule has 0 aliphatic heterocycles. The molecule has 0 bridgehead atoms. The molecule has 0 saturated carbocycles. The minimum atomic E-state index is -0.330. The zero-order valence-electron chi connectivity index (χ0n) is 26.4. The van der Waals surface area contributed by atoms with Crippen LogP contribution >= 0.6 is 0 Å². The molecular formula is C35H31Br4N5Ni2O2-4. The van der Waals surface area contributed by atoms with Crippen LogP contribution in [0.25, 0.3) is 22.3 Å². The van der Waals surface area contributed by atoms with Crippen molar-refractivity contribution in [3.8, 4) is 22.3 Å². The zero-order valence-corrected chi connectivity index (χ0v) is 34.8. The Morgan fingerprint density at radius 2 is 0.958 bits per heavy atom. The summed E-state index contributed by atoms with van der Waals surface area (Å²) in [7, 11) is 0. The molecule has 5 rings (SSSR count). The molecule has 7 nitrogen and oxygen atoms in total. The maximum Gasteiger partial charge on any atom is 0.270 e. The molecule has 0 atom stereocenters. The maximum absolute atomic E-state index is 12.1. The van der Waals surface area contributed by atoms with E-state index in [2.05, 4.69) is 9.97 Å². The Hall–Kier alpha value is -2.39. The summed E-state index contributed by atoms with van der Waals surface area (Å²) < 4.78 is 0. The monoisotopic (exact) mass is 985 g/mol. The minimum Gasteiger partial charge on any atom is -1.00 e. The second-order valence-corrected chi connectivity index (χ2v) is 10.4. The van der Waals surface area contributed by atoms with Gasteiger partial charge in [0, 0.05) is 57.5 Å². The number of hydrogen-bond donors (Lipinski definition) is 0. The number of benzene rings is 3. The van der Waals surface area contributed by atoms with E-state index in [1.54, 1.807) is 37.0 Å². The predicted octanol–water partition coefficient (Wildman–Crippen LogP) is -3.23. The number of rotatable bonds is 7. The summed E-state index contributed by atoms with van der Waals surface area (Å²) in [6.45, 7) is 10.0. The van der Waals surface area contributed by atoms with Crippen LogP contribution in [0.4, 0.5) is 17.1 Å². The van der Waals surface area contributed by atoms with Crippen LogP contribution in [-0.4, -0.2) is 27.3 Å². The molecule has 48 heavy (non-hydrogen) atoms. The molecule has 2 heterocycles. The number of nitro groups is 1. The van der Waals surface area contributed by atoms with Crippen molar-refractivity contribution in [2.75, 3.05) is 0 Å². The summed E-state index contributed by atoms with van der Waals surface area (Å²) in [4.78, 5) is 29.7. The average molecular weight is 991 g/mol. The van der Waals surface area contributed by atoms with Gasteiger partial charge in [0.1, 0.15) is 0 Å². The molecule has 0 aliphatic carbocycles. The molecule has 3 aromatic carbocycles. The second-order valence-electron chi connectivity index (χ2n) is 10.4. The van der Waals surface area contributed by atoms with Crippen LogP contribution in [0, 0.1) is 44.7 Å². The fourth-order valence-corrected chi connectivity index (χ4v) is 5.20. The van der Waals surface area contributed by atoms with Gasteiger partial charge in [-0.1, -0.05) is 12.1 Å². The number of aryl methyl sites for hydroxylation is 4. The Labute approximate surface area is 343 Å². The molecule has 2 aromatic heterocycles. The van der Waals surface area contributed by atoms with Gasteiger partial charge in [-0.2, -0.15) is 0 Å². The van der Waals surface area contributed by atoms with Crippen molar-refractivity contribution >= 4 is 29.5 Å². The summed E-state index contributed by atoms with van der Waals surface area (Å²) in [5.74, 6) is 0. The standard InChI is InChI=1S/C35H31N5O2.4BrH.2Ni/c1-22-14-27(15-23(2)34(22)38-20-29-10-6-8-12-36-29)32-18-31(40(41)42)19-33(26(32)5)28-16-24(3)35(25(4)17-28)39-21-30-11-7-9-13-37-30;;;;;;/h6-21H,1-5H3;4*1H;;/p-4. The molecule has 0 unspecified atom stereocenters. The second kappa shape index (κ2) is 21.6. The summed E-state index contributed by atoms with van der Waals surface area (Å²) in [5.41, 5.74) is 11.7. The van der Waals surface area contributed by atoms with Crippen LogP contribution in [0.5, 0.6) is 0 Å². The minimum absolute atomic E-state index is 0. The Kier molecular flexibility index (Phi) is 21.5. The van der Waals surface area contributed by atoms with Gasteiger partial charge in [0.15, 0.2) is 0 Å². The molecule has 0 saturated heterocycles. The first-order valence-electron chi connectivity index (χ1n) is 13.6. The smallest absolute Gasteiger partial charge is 0.270 e. The molecule has 0 amide bonds. The summed E-state index contributed by atoms with van der Waals surface area (Å²) in [6, 6.07) is 22.9. The van der Waals surface area contributed by atoms with Crippen LogP contribution in [0.3, 0.4) is 0 Å². The van der Waals surface area contributed by atoms with Crippen LogP contribution in [0.15, 0.2) is 95.2 Å². The average Bonchev–Trinajstić information content (AvgIpc) is 2.97. The fraction of sp³-hybridized carbons (Fsp3) is 0.143. The Balaban J connectivity index is 0. The third-order valence-electron chi connectivity index (χ3n) is 7.23. The van der Waals surface area contributed by atoms with Crippen LogP contribution in [-0.2, 0) is 33.0 Å². The quantitative estimate of drug-likeness (QED) is 0.0744. The van der Waals surface area contributed by atoms with Gasteiger partial charge in [-0.25, -0.2) is 0 Å². The summed E-state index contributed by atoms with van der Waals surface area (Å²) in [5, 5.41) is 12.1. The maximum atomic E-state index is 12.1.